The highest BCUT2D eigenvalue weighted by atomic mass is 16.5. The van der Waals surface area contributed by atoms with E-state index in [4.69, 9.17) is 4.74 Å². The number of fused-ring (bicyclic) bond motifs is 3. The van der Waals surface area contributed by atoms with Gasteiger partial charge in [0.25, 0.3) is 0 Å². The van der Waals surface area contributed by atoms with Crippen molar-refractivity contribution in [2.45, 2.75) is 76.1 Å². The molecule has 6 rings (SSSR count). The van der Waals surface area contributed by atoms with E-state index in [0.717, 1.165) is 50.7 Å². The van der Waals surface area contributed by atoms with Crippen LogP contribution in [0.15, 0.2) is 48.5 Å². The molecule has 4 aliphatic carbocycles. The first-order valence-electron chi connectivity index (χ1n) is 11.7. The third-order valence-corrected chi connectivity index (χ3v) is 9.75. The average Bonchev–Trinajstić information content (AvgIpc) is 3.10. The molecule has 6 atom stereocenters. The Morgan fingerprint density at radius 2 is 1.87 bits per heavy atom. The molecule has 158 valence electrons. The lowest BCUT2D eigenvalue weighted by atomic mass is 9.48. The standard InChI is InChI=1S/C27H32O3/c1-25-12-11-22-21-9-8-20(30-17-18-5-3-2-4-6-18)15-19(21)7-10-23(22)26(25)13-14-27(25,29)24(28)16-26/h2-6,8-9,15,22-24,28-29H,7,10-14,16-17H2,1H3/t22-,23-,24-,25+,26+,27+/m1/s1. The molecule has 2 N–H and O–H groups in total. The zero-order valence-corrected chi connectivity index (χ0v) is 17.8. The Hall–Kier alpha value is -1.84. The Balaban J connectivity index is 1.28. The van der Waals surface area contributed by atoms with Gasteiger partial charge < -0.3 is 14.9 Å². The molecule has 0 aliphatic heterocycles. The van der Waals surface area contributed by atoms with Gasteiger partial charge in [-0.2, -0.15) is 0 Å². The van der Waals surface area contributed by atoms with Crippen LogP contribution in [0.3, 0.4) is 0 Å². The summed E-state index contributed by atoms with van der Waals surface area (Å²) >= 11 is 0. The van der Waals surface area contributed by atoms with Crippen molar-refractivity contribution in [3.8, 4) is 5.75 Å². The van der Waals surface area contributed by atoms with Crippen LogP contribution in [-0.2, 0) is 13.0 Å². The van der Waals surface area contributed by atoms with Crippen molar-refractivity contribution < 1.29 is 14.9 Å². The molecule has 2 bridgehead atoms. The van der Waals surface area contributed by atoms with Gasteiger partial charge in [0, 0.05) is 5.41 Å². The van der Waals surface area contributed by atoms with Crippen molar-refractivity contribution in [2.24, 2.45) is 16.7 Å². The molecule has 4 aliphatic rings. The van der Waals surface area contributed by atoms with E-state index >= 15 is 0 Å². The Kier molecular flexibility index (Phi) is 3.99. The molecule has 3 heteroatoms. The first kappa shape index (κ1) is 18.9. The fourth-order valence-electron chi connectivity index (χ4n) is 8.17. The van der Waals surface area contributed by atoms with E-state index in [9.17, 15) is 10.2 Å². The normalized spacial score (nSPS) is 41.1. The molecule has 3 saturated carbocycles. The summed E-state index contributed by atoms with van der Waals surface area (Å²) in [5.41, 5.74) is 3.23. The van der Waals surface area contributed by atoms with Gasteiger partial charge in [0.05, 0.1) is 11.7 Å². The second kappa shape index (κ2) is 6.34. The maximum atomic E-state index is 11.4. The van der Waals surface area contributed by atoms with Crippen LogP contribution in [0.4, 0.5) is 0 Å². The van der Waals surface area contributed by atoms with Crippen LogP contribution in [0.5, 0.6) is 5.75 Å². The van der Waals surface area contributed by atoms with Crippen molar-refractivity contribution >= 4 is 0 Å². The summed E-state index contributed by atoms with van der Waals surface area (Å²) in [5.74, 6) is 2.09. The zero-order chi connectivity index (χ0) is 20.6. The highest BCUT2D eigenvalue weighted by Gasteiger charge is 2.76. The monoisotopic (exact) mass is 404 g/mol. The third kappa shape index (κ3) is 2.28. The van der Waals surface area contributed by atoms with E-state index in [1.54, 1.807) is 0 Å². The summed E-state index contributed by atoms with van der Waals surface area (Å²) in [6, 6.07) is 17.0. The smallest absolute Gasteiger partial charge is 0.120 e. The topological polar surface area (TPSA) is 49.7 Å². The third-order valence-electron chi connectivity index (χ3n) is 9.75. The molecule has 3 fully saturated rings. The fraction of sp³-hybridized carbons (Fsp3) is 0.556. The lowest BCUT2D eigenvalue weighted by Gasteiger charge is -2.56. The predicted molar refractivity (Wildman–Crippen MR) is 116 cm³/mol. The molecule has 30 heavy (non-hydrogen) atoms. The van der Waals surface area contributed by atoms with Gasteiger partial charge in [-0.1, -0.05) is 43.3 Å². The zero-order valence-electron chi connectivity index (χ0n) is 17.8. The van der Waals surface area contributed by atoms with Gasteiger partial charge in [-0.25, -0.2) is 0 Å². The Morgan fingerprint density at radius 1 is 1.03 bits per heavy atom. The lowest BCUT2D eigenvalue weighted by molar-refractivity contribution is -0.129. The van der Waals surface area contributed by atoms with E-state index in [1.807, 2.05) is 18.2 Å². The summed E-state index contributed by atoms with van der Waals surface area (Å²) < 4.78 is 6.09. The molecular formula is C27H32O3. The lowest BCUT2D eigenvalue weighted by Crippen LogP contribution is -2.53. The number of aryl methyl sites for hydroxylation is 1. The van der Waals surface area contributed by atoms with E-state index in [0.29, 0.717) is 18.4 Å². The summed E-state index contributed by atoms with van der Waals surface area (Å²) in [6.07, 6.45) is 6.46. The molecular weight excluding hydrogens is 372 g/mol. The Morgan fingerprint density at radius 3 is 2.67 bits per heavy atom. The highest BCUT2D eigenvalue weighted by molar-refractivity contribution is 5.42. The maximum Gasteiger partial charge on any atom is 0.120 e. The van der Waals surface area contributed by atoms with Crippen LogP contribution < -0.4 is 4.74 Å². The fourth-order valence-corrected chi connectivity index (χ4v) is 8.17. The van der Waals surface area contributed by atoms with E-state index < -0.39 is 11.7 Å². The Bertz CT molecular complexity index is 971. The number of hydrogen-bond donors (Lipinski definition) is 2. The largest absolute Gasteiger partial charge is 0.489 e. The molecule has 0 unspecified atom stereocenters. The average molecular weight is 405 g/mol. The summed E-state index contributed by atoms with van der Waals surface area (Å²) in [5, 5.41) is 22.1. The number of aliphatic hydroxyl groups is 2. The van der Waals surface area contributed by atoms with Gasteiger partial charge >= 0.3 is 0 Å². The number of rotatable bonds is 3. The van der Waals surface area contributed by atoms with Crippen molar-refractivity contribution in [3.63, 3.8) is 0 Å². The summed E-state index contributed by atoms with van der Waals surface area (Å²) in [7, 11) is 0. The minimum atomic E-state index is -0.868. The number of ether oxygens (including phenoxy) is 1. The molecule has 0 saturated heterocycles. The minimum absolute atomic E-state index is 0.101. The number of aliphatic hydroxyl groups excluding tert-OH is 1. The van der Waals surface area contributed by atoms with E-state index in [2.05, 4.69) is 37.3 Å². The molecule has 0 amide bonds. The molecule has 0 aromatic heterocycles. The van der Waals surface area contributed by atoms with Gasteiger partial charge in [0.1, 0.15) is 12.4 Å². The maximum absolute atomic E-state index is 11.4. The van der Waals surface area contributed by atoms with Crippen LogP contribution in [0.25, 0.3) is 0 Å². The van der Waals surface area contributed by atoms with Crippen LogP contribution in [0.2, 0.25) is 0 Å². The molecule has 0 spiro atoms. The van der Waals surface area contributed by atoms with Gasteiger partial charge in [-0.05, 0) is 91.0 Å². The molecule has 0 heterocycles. The minimum Gasteiger partial charge on any atom is -0.489 e. The predicted octanol–water partition coefficient (Wildman–Crippen LogP) is 4.99. The van der Waals surface area contributed by atoms with Crippen molar-refractivity contribution in [3.05, 3.63) is 65.2 Å². The van der Waals surface area contributed by atoms with E-state index in [-0.39, 0.29) is 10.8 Å². The van der Waals surface area contributed by atoms with Crippen LogP contribution >= 0.6 is 0 Å². The van der Waals surface area contributed by atoms with Gasteiger partial charge in [-0.15, -0.1) is 0 Å². The second-order valence-electron chi connectivity index (χ2n) is 10.6. The Labute approximate surface area is 179 Å². The van der Waals surface area contributed by atoms with E-state index in [1.165, 1.54) is 16.7 Å². The first-order chi connectivity index (χ1) is 14.5. The van der Waals surface area contributed by atoms with Gasteiger partial charge in [0.2, 0.25) is 0 Å². The van der Waals surface area contributed by atoms with Crippen molar-refractivity contribution in [2.75, 3.05) is 0 Å². The van der Waals surface area contributed by atoms with Crippen LogP contribution in [-0.4, -0.2) is 21.9 Å². The van der Waals surface area contributed by atoms with Gasteiger partial charge in [-0.3, -0.25) is 0 Å². The second-order valence-corrected chi connectivity index (χ2v) is 10.6. The molecule has 2 aromatic rings. The van der Waals surface area contributed by atoms with Crippen LogP contribution in [0, 0.1) is 16.7 Å². The number of hydrogen-bond acceptors (Lipinski definition) is 3. The molecule has 2 aromatic carbocycles. The molecule has 0 radical (unpaired) electrons. The first-order valence-corrected chi connectivity index (χ1v) is 11.7. The van der Waals surface area contributed by atoms with Crippen molar-refractivity contribution in [1.29, 1.82) is 0 Å². The summed E-state index contributed by atoms with van der Waals surface area (Å²) in [4.78, 5) is 0. The van der Waals surface area contributed by atoms with Crippen molar-refractivity contribution in [1.82, 2.24) is 0 Å². The number of benzene rings is 2. The van der Waals surface area contributed by atoms with Gasteiger partial charge in [0.15, 0.2) is 0 Å². The molecule has 3 nitrogen and oxygen atoms in total. The quantitative estimate of drug-likeness (QED) is 0.758. The summed E-state index contributed by atoms with van der Waals surface area (Å²) in [6.45, 7) is 2.88. The SMILES string of the molecule is C[C@]12CC[C@@H]3c4ccc(OCc5ccccc5)cc4CC[C@H]3[C@@]13CC[C@]2(O)[C@H](O)C3. The van der Waals surface area contributed by atoms with Crippen LogP contribution in [0.1, 0.15) is 68.1 Å². The highest BCUT2D eigenvalue weighted by Crippen LogP contribution is 2.77.